The van der Waals surface area contributed by atoms with Crippen LogP contribution in [-0.4, -0.2) is 38.1 Å². The molecule has 0 fully saturated rings. The maximum atomic E-state index is 11.3. The number of carbonyl (C=O) groups excluding carboxylic acids is 1. The summed E-state index contributed by atoms with van der Waals surface area (Å²) >= 11 is 0. The maximum absolute atomic E-state index is 11.3. The van der Waals surface area contributed by atoms with Crippen LogP contribution in [0, 0.1) is 0 Å². The molecule has 3 nitrogen and oxygen atoms in total. The summed E-state index contributed by atoms with van der Waals surface area (Å²) in [6.07, 6.45) is 2.14. The smallest absolute Gasteiger partial charge is 0.251 e. The molecule has 0 saturated carbocycles. The van der Waals surface area contributed by atoms with Crippen molar-refractivity contribution in [2.45, 2.75) is 19.8 Å². The van der Waals surface area contributed by atoms with E-state index < -0.39 is 0 Å². The molecular weight excluding hydrogens is 166 g/mol. The lowest BCUT2D eigenvalue weighted by Crippen LogP contribution is -2.25. The van der Waals surface area contributed by atoms with Crippen LogP contribution in [0.15, 0.2) is 12.2 Å². The van der Waals surface area contributed by atoms with Gasteiger partial charge >= 0.3 is 0 Å². The second kappa shape index (κ2) is 6.66. The molecule has 13 heavy (non-hydrogen) atoms. The third kappa shape index (κ3) is 5.42. The summed E-state index contributed by atoms with van der Waals surface area (Å²) in [5.41, 5.74) is 0.515. The van der Waals surface area contributed by atoms with Gasteiger partial charge in [-0.3, -0.25) is 4.79 Å². The summed E-state index contributed by atoms with van der Waals surface area (Å²) < 4.78 is 5.26. The number of ether oxygens (including phenoxy) is 1. The molecule has 0 radical (unpaired) electrons. The molecule has 3 heteroatoms. The van der Waals surface area contributed by atoms with E-state index in [1.807, 2.05) is 0 Å². The number of nitrogens with zero attached hydrogens (tertiary/aromatic N) is 1. The van der Waals surface area contributed by atoms with Crippen molar-refractivity contribution in [3.63, 3.8) is 0 Å². The first-order valence-electron chi connectivity index (χ1n) is 4.56. The first-order valence-corrected chi connectivity index (χ1v) is 4.56. The number of amides is 1. The van der Waals surface area contributed by atoms with Gasteiger partial charge in [0.25, 0.3) is 5.91 Å². The summed E-state index contributed by atoms with van der Waals surface area (Å²) in [6, 6.07) is 0. The van der Waals surface area contributed by atoms with E-state index in [0.29, 0.717) is 18.8 Å². The fourth-order valence-electron chi connectivity index (χ4n) is 0.820. The highest BCUT2D eigenvalue weighted by Gasteiger charge is 2.08. The molecule has 0 unspecified atom stereocenters. The average Bonchev–Trinajstić information content (AvgIpc) is 2.10. The number of hydrogen-bond acceptors (Lipinski definition) is 2. The van der Waals surface area contributed by atoms with Crippen molar-refractivity contribution in [2.24, 2.45) is 0 Å². The molecule has 0 rings (SSSR count). The number of rotatable bonds is 6. The molecule has 0 aromatic rings. The van der Waals surface area contributed by atoms with Gasteiger partial charge in [-0.25, -0.2) is 0 Å². The van der Waals surface area contributed by atoms with E-state index in [4.69, 9.17) is 4.74 Å². The van der Waals surface area contributed by atoms with Gasteiger partial charge < -0.3 is 9.64 Å². The standard InChI is InChI=1S/C10H19NO2/c1-5-6-7-13-8-9(2)10(12)11(3)4/h2,5-8H2,1,3-4H3. The summed E-state index contributed by atoms with van der Waals surface area (Å²) in [5.74, 6) is -0.0588. The van der Waals surface area contributed by atoms with E-state index >= 15 is 0 Å². The number of unbranched alkanes of at least 4 members (excludes halogenated alkanes) is 1. The predicted octanol–water partition coefficient (Wildman–Crippen LogP) is 1.45. The summed E-state index contributed by atoms with van der Waals surface area (Å²) in [4.78, 5) is 12.8. The van der Waals surface area contributed by atoms with Gasteiger partial charge in [0.15, 0.2) is 0 Å². The lowest BCUT2D eigenvalue weighted by molar-refractivity contribution is -0.125. The Morgan fingerprint density at radius 2 is 2.08 bits per heavy atom. The van der Waals surface area contributed by atoms with Crippen molar-refractivity contribution in [1.29, 1.82) is 0 Å². The molecule has 0 aliphatic heterocycles. The Kier molecular flexibility index (Phi) is 6.24. The highest BCUT2D eigenvalue weighted by molar-refractivity contribution is 5.92. The summed E-state index contributed by atoms with van der Waals surface area (Å²) in [7, 11) is 3.42. The Labute approximate surface area is 80.4 Å². The lowest BCUT2D eigenvalue weighted by atomic mass is 10.3. The quantitative estimate of drug-likeness (QED) is 0.463. The van der Waals surface area contributed by atoms with Gasteiger partial charge in [0, 0.05) is 26.3 Å². The largest absolute Gasteiger partial charge is 0.377 e. The molecule has 0 N–H and O–H groups in total. The molecular formula is C10H19NO2. The predicted molar refractivity (Wildman–Crippen MR) is 53.6 cm³/mol. The van der Waals surface area contributed by atoms with E-state index in [0.717, 1.165) is 12.8 Å². The van der Waals surface area contributed by atoms with E-state index in [-0.39, 0.29) is 5.91 Å². The van der Waals surface area contributed by atoms with Crippen LogP contribution in [0.25, 0.3) is 0 Å². The zero-order valence-electron chi connectivity index (χ0n) is 8.80. The van der Waals surface area contributed by atoms with Crippen LogP contribution < -0.4 is 0 Å². The minimum atomic E-state index is -0.0588. The third-order valence-corrected chi connectivity index (χ3v) is 1.63. The van der Waals surface area contributed by atoms with Crippen LogP contribution in [0.3, 0.4) is 0 Å². The Morgan fingerprint density at radius 1 is 1.46 bits per heavy atom. The first kappa shape index (κ1) is 12.2. The van der Waals surface area contributed by atoms with Crippen LogP contribution >= 0.6 is 0 Å². The zero-order valence-corrected chi connectivity index (χ0v) is 8.80. The molecule has 0 spiro atoms. The Bertz CT molecular complexity index is 176. The Balaban J connectivity index is 3.57. The highest BCUT2D eigenvalue weighted by Crippen LogP contribution is 1.97. The van der Waals surface area contributed by atoms with E-state index in [2.05, 4.69) is 13.5 Å². The molecule has 0 bridgehead atoms. The molecule has 76 valence electrons. The van der Waals surface area contributed by atoms with Crippen molar-refractivity contribution in [3.8, 4) is 0 Å². The number of carbonyl (C=O) groups is 1. The van der Waals surface area contributed by atoms with Crippen molar-refractivity contribution in [1.82, 2.24) is 4.90 Å². The second-order valence-corrected chi connectivity index (χ2v) is 3.21. The molecule has 0 aromatic heterocycles. The van der Waals surface area contributed by atoms with Crippen molar-refractivity contribution < 1.29 is 9.53 Å². The average molecular weight is 185 g/mol. The molecule has 0 atom stereocenters. The highest BCUT2D eigenvalue weighted by atomic mass is 16.5. The van der Waals surface area contributed by atoms with Crippen LogP contribution in [0.2, 0.25) is 0 Å². The monoisotopic (exact) mass is 185 g/mol. The fraction of sp³-hybridized carbons (Fsp3) is 0.700. The van der Waals surface area contributed by atoms with Crippen LogP contribution in [-0.2, 0) is 9.53 Å². The Morgan fingerprint density at radius 3 is 2.54 bits per heavy atom. The van der Waals surface area contributed by atoms with Crippen molar-refractivity contribution in [2.75, 3.05) is 27.3 Å². The summed E-state index contributed by atoms with van der Waals surface area (Å²) in [6.45, 7) is 6.81. The minimum absolute atomic E-state index is 0.0588. The van der Waals surface area contributed by atoms with E-state index in [9.17, 15) is 4.79 Å². The molecule has 0 aliphatic rings. The van der Waals surface area contributed by atoms with Crippen LogP contribution in [0.1, 0.15) is 19.8 Å². The Hall–Kier alpha value is -0.830. The van der Waals surface area contributed by atoms with Crippen LogP contribution in [0.4, 0.5) is 0 Å². The van der Waals surface area contributed by atoms with Gasteiger partial charge in [0.05, 0.1) is 6.61 Å². The SMILES string of the molecule is C=C(COCCCC)C(=O)N(C)C. The van der Waals surface area contributed by atoms with Crippen molar-refractivity contribution in [3.05, 3.63) is 12.2 Å². The second-order valence-electron chi connectivity index (χ2n) is 3.21. The number of hydrogen-bond donors (Lipinski definition) is 0. The maximum Gasteiger partial charge on any atom is 0.251 e. The zero-order chi connectivity index (χ0) is 10.3. The fourth-order valence-corrected chi connectivity index (χ4v) is 0.820. The van der Waals surface area contributed by atoms with Crippen LogP contribution in [0.5, 0.6) is 0 Å². The number of likely N-dealkylation sites (N-methyl/N-ethyl adjacent to an activating group) is 1. The normalized spacial score (nSPS) is 9.77. The van der Waals surface area contributed by atoms with Gasteiger partial charge in [-0.05, 0) is 6.42 Å². The van der Waals surface area contributed by atoms with Gasteiger partial charge in [-0.2, -0.15) is 0 Å². The molecule has 0 aromatic carbocycles. The van der Waals surface area contributed by atoms with E-state index in [1.165, 1.54) is 4.90 Å². The van der Waals surface area contributed by atoms with Gasteiger partial charge in [0.1, 0.15) is 0 Å². The van der Waals surface area contributed by atoms with Gasteiger partial charge in [-0.15, -0.1) is 0 Å². The third-order valence-electron chi connectivity index (χ3n) is 1.63. The minimum Gasteiger partial charge on any atom is -0.377 e. The molecule has 0 aliphatic carbocycles. The van der Waals surface area contributed by atoms with Gasteiger partial charge in [-0.1, -0.05) is 19.9 Å². The molecule has 0 saturated heterocycles. The van der Waals surface area contributed by atoms with Crippen molar-refractivity contribution >= 4 is 5.91 Å². The molecule has 1 amide bonds. The topological polar surface area (TPSA) is 29.5 Å². The summed E-state index contributed by atoms with van der Waals surface area (Å²) in [5, 5.41) is 0. The van der Waals surface area contributed by atoms with Gasteiger partial charge in [0.2, 0.25) is 0 Å². The van der Waals surface area contributed by atoms with E-state index in [1.54, 1.807) is 14.1 Å². The molecule has 0 heterocycles. The lowest BCUT2D eigenvalue weighted by Gasteiger charge is -2.12. The first-order chi connectivity index (χ1) is 6.09.